The van der Waals surface area contributed by atoms with Gasteiger partial charge in [0.05, 0.1) is 17.8 Å². The molecule has 0 amide bonds. The molecule has 0 spiro atoms. The molecule has 0 unspecified atom stereocenters. The zero-order valence-electron chi connectivity index (χ0n) is 17.6. The fourth-order valence-electron chi connectivity index (χ4n) is 4.26. The number of halogens is 2. The van der Waals surface area contributed by atoms with Crippen LogP contribution < -0.4 is 10.6 Å². The predicted octanol–water partition coefficient (Wildman–Crippen LogP) is 4.86. The van der Waals surface area contributed by atoms with E-state index in [0.29, 0.717) is 29.5 Å². The van der Waals surface area contributed by atoms with Crippen molar-refractivity contribution in [1.29, 1.82) is 0 Å². The minimum absolute atomic E-state index is 0.124. The highest BCUT2D eigenvalue weighted by atomic mass is 35.5. The fourth-order valence-corrected chi connectivity index (χ4v) is 4.47. The molecule has 2 heterocycles. The summed E-state index contributed by atoms with van der Waals surface area (Å²) in [6, 6.07) is 19.8. The van der Waals surface area contributed by atoms with Crippen LogP contribution in [0.2, 0.25) is 5.02 Å². The van der Waals surface area contributed by atoms with E-state index in [1.54, 1.807) is 12.1 Å². The second kappa shape index (κ2) is 10.6. The van der Waals surface area contributed by atoms with E-state index in [4.69, 9.17) is 11.6 Å². The Morgan fingerprint density at radius 2 is 2.06 bits per heavy atom. The van der Waals surface area contributed by atoms with Crippen molar-refractivity contribution in [3.8, 4) is 0 Å². The predicted molar refractivity (Wildman–Crippen MR) is 123 cm³/mol. The van der Waals surface area contributed by atoms with Gasteiger partial charge in [-0.3, -0.25) is 9.93 Å². The van der Waals surface area contributed by atoms with Crippen LogP contribution >= 0.6 is 11.6 Å². The molecule has 0 fully saturated rings. The van der Waals surface area contributed by atoms with Gasteiger partial charge in [-0.15, -0.1) is 0 Å². The van der Waals surface area contributed by atoms with E-state index >= 15 is 0 Å². The first-order valence-corrected chi connectivity index (χ1v) is 11.1. The Bertz CT molecular complexity index is 1060. The SMILES string of the molecule is O=C(Cc1ccc(Cl)c(CCN[C@H](c2ccccc2)[C@H]2CNc3cccnc3C2)c1)OF. The molecule has 2 aromatic carbocycles. The quantitative estimate of drug-likeness (QED) is 0.510. The van der Waals surface area contributed by atoms with Crippen molar-refractivity contribution >= 4 is 23.3 Å². The fraction of sp³-hybridized carbons (Fsp3) is 0.280. The highest BCUT2D eigenvalue weighted by molar-refractivity contribution is 6.31. The van der Waals surface area contributed by atoms with Gasteiger partial charge in [0.15, 0.2) is 0 Å². The summed E-state index contributed by atoms with van der Waals surface area (Å²) in [6.45, 7) is 1.55. The van der Waals surface area contributed by atoms with Gasteiger partial charge in [0.25, 0.3) is 0 Å². The van der Waals surface area contributed by atoms with Gasteiger partial charge in [0.1, 0.15) is 0 Å². The molecule has 2 atom stereocenters. The summed E-state index contributed by atoms with van der Waals surface area (Å²) >= 11 is 6.37. The largest absolute Gasteiger partial charge is 0.383 e. The molecule has 3 aromatic rings. The summed E-state index contributed by atoms with van der Waals surface area (Å²) in [7, 11) is 0. The minimum atomic E-state index is -0.917. The highest BCUT2D eigenvalue weighted by Crippen LogP contribution is 2.31. The lowest BCUT2D eigenvalue weighted by Crippen LogP contribution is -2.37. The van der Waals surface area contributed by atoms with Gasteiger partial charge < -0.3 is 10.6 Å². The maximum Gasteiger partial charge on any atom is 0.353 e. The molecule has 0 aliphatic carbocycles. The highest BCUT2D eigenvalue weighted by Gasteiger charge is 2.27. The maximum atomic E-state index is 12.1. The average molecular weight is 454 g/mol. The smallest absolute Gasteiger partial charge is 0.353 e. The first kappa shape index (κ1) is 22.2. The second-order valence-corrected chi connectivity index (χ2v) is 8.39. The summed E-state index contributed by atoms with van der Waals surface area (Å²) < 4.78 is 12.1. The molecule has 0 saturated carbocycles. The molecule has 5 nitrogen and oxygen atoms in total. The average Bonchev–Trinajstić information content (AvgIpc) is 2.84. The van der Waals surface area contributed by atoms with Gasteiger partial charge in [-0.1, -0.05) is 54.1 Å². The number of anilines is 1. The Hall–Kier alpha value is -2.96. The maximum absolute atomic E-state index is 12.1. The van der Waals surface area contributed by atoms with E-state index < -0.39 is 5.97 Å². The molecule has 1 aromatic heterocycles. The third-order valence-corrected chi connectivity index (χ3v) is 6.20. The zero-order valence-corrected chi connectivity index (χ0v) is 18.3. The number of carbonyl (C=O) groups is 1. The molecular weight excluding hydrogens is 429 g/mol. The molecule has 1 aliphatic heterocycles. The van der Waals surface area contributed by atoms with Crippen molar-refractivity contribution in [2.24, 2.45) is 5.92 Å². The van der Waals surface area contributed by atoms with Crippen molar-refractivity contribution in [2.75, 3.05) is 18.4 Å². The molecule has 0 saturated heterocycles. The second-order valence-electron chi connectivity index (χ2n) is 7.99. The Morgan fingerprint density at radius 3 is 2.88 bits per heavy atom. The van der Waals surface area contributed by atoms with E-state index in [1.165, 1.54) is 5.56 Å². The van der Waals surface area contributed by atoms with Crippen LogP contribution in [0, 0.1) is 5.92 Å². The first-order chi connectivity index (χ1) is 15.6. The summed E-state index contributed by atoms with van der Waals surface area (Å²) in [4.78, 5) is 19.1. The van der Waals surface area contributed by atoms with Gasteiger partial charge in [-0.25, -0.2) is 4.79 Å². The summed E-state index contributed by atoms with van der Waals surface area (Å²) in [5.41, 5.74) is 4.99. The van der Waals surface area contributed by atoms with Gasteiger partial charge in [-0.05, 0) is 54.3 Å². The van der Waals surface area contributed by atoms with E-state index in [1.807, 2.05) is 24.4 Å². The van der Waals surface area contributed by atoms with Crippen LogP contribution in [-0.4, -0.2) is 24.0 Å². The van der Waals surface area contributed by atoms with E-state index in [9.17, 15) is 9.32 Å². The normalized spacial score (nSPS) is 16.0. The third kappa shape index (κ3) is 5.44. The molecule has 4 rings (SSSR count). The summed E-state index contributed by atoms with van der Waals surface area (Å²) in [5.74, 6) is -0.583. The van der Waals surface area contributed by atoms with Gasteiger partial charge in [0.2, 0.25) is 0 Å². The standard InChI is InChI=1S/C25H25ClFN3O2/c26-21-9-8-17(14-24(31)32-27)13-19(21)10-12-29-25(18-5-2-1-3-6-18)20-15-23-22(30-16-20)7-4-11-28-23/h1-9,11,13,20,25,29-30H,10,12,14-16H2/t20-,25-/m1/s1. The molecule has 1 aliphatic rings. The Labute approximate surface area is 191 Å². The number of pyridine rings is 1. The van der Waals surface area contributed by atoms with Crippen LogP contribution in [0.4, 0.5) is 10.2 Å². The number of hydrogen-bond acceptors (Lipinski definition) is 5. The van der Waals surface area contributed by atoms with Gasteiger partial charge >= 0.3 is 5.97 Å². The number of rotatable bonds is 8. The van der Waals surface area contributed by atoms with Crippen molar-refractivity contribution in [3.63, 3.8) is 0 Å². The summed E-state index contributed by atoms with van der Waals surface area (Å²) in [5, 5.41) is 7.84. The molecule has 7 heteroatoms. The minimum Gasteiger partial charge on any atom is -0.383 e. The molecule has 0 radical (unpaired) electrons. The van der Waals surface area contributed by atoms with E-state index in [0.717, 1.165) is 29.9 Å². The number of hydrogen-bond donors (Lipinski definition) is 2. The van der Waals surface area contributed by atoms with Crippen molar-refractivity contribution in [2.45, 2.75) is 25.3 Å². The molecule has 2 N–H and O–H groups in total. The van der Waals surface area contributed by atoms with Crippen LogP contribution in [0.5, 0.6) is 0 Å². The van der Waals surface area contributed by atoms with Crippen molar-refractivity contribution in [3.05, 3.63) is 94.3 Å². The van der Waals surface area contributed by atoms with Crippen LogP contribution in [0.15, 0.2) is 66.9 Å². The van der Waals surface area contributed by atoms with Crippen LogP contribution in [0.1, 0.15) is 28.4 Å². The zero-order chi connectivity index (χ0) is 22.3. The van der Waals surface area contributed by atoms with Crippen molar-refractivity contribution < 1.29 is 14.3 Å². The Morgan fingerprint density at radius 1 is 1.22 bits per heavy atom. The third-order valence-electron chi connectivity index (χ3n) is 5.83. The van der Waals surface area contributed by atoms with E-state index in [-0.39, 0.29) is 12.5 Å². The number of aromatic nitrogens is 1. The monoisotopic (exact) mass is 453 g/mol. The number of carbonyl (C=O) groups excluding carboxylic acids is 1. The van der Waals surface area contributed by atoms with Crippen LogP contribution in [0.25, 0.3) is 0 Å². The summed E-state index contributed by atoms with van der Waals surface area (Å²) in [6.07, 6.45) is 3.27. The van der Waals surface area contributed by atoms with Crippen LogP contribution in [0.3, 0.4) is 0 Å². The van der Waals surface area contributed by atoms with Gasteiger partial charge in [0, 0.05) is 34.3 Å². The Kier molecular flexibility index (Phi) is 7.35. The first-order valence-electron chi connectivity index (χ1n) is 10.7. The number of fused-ring (bicyclic) bond motifs is 1. The number of benzene rings is 2. The number of nitrogens with zero attached hydrogens (tertiary/aromatic N) is 1. The van der Waals surface area contributed by atoms with Gasteiger partial charge in [-0.2, -0.15) is 0 Å². The van der Waals surface area contributed by atoms with Crippen molar-refractivity contribution in [1.82, 2.24) is 10.3 Å². The molecule has 0 bridgehead atoms. The lowest BCUT2D eigenvalue weighted by molar-refractivity contribution is -0.182. The van der Waals surface area contributed by atoms with Crippen LogP contribution in [-0.2, 0) is 29.0 Å². The lowest BCUT2D eigenvalue weighted by atomic mass is 9.86. The molecular formula is C25H25ClFN3O2. The van der Waals surface area contributed by atoms with E-state index in [2.05, 4.69) is 50.9 Å². The molecule has 166 valence electrons. The topological polar surface area (TPSA) is 63.2 Å². The Balaban J connectivity index is 1.46. The molecule has 32 heavy (non-hydrogen) atoms. The number of nitrogens with one attached hydrogen (secondary N) is 2. The lowest BCUT2D eigenvalue weighted by Gasteiger charge is -2.33.